The maximum atomic E-state index is 13.9. The highest BCUT2D eigenvalue weighted by atomic mass is 32.2. The molecular weight excluding hydrogens is 412 g/mol. The summed E-state index contributed by atoms with van der Waals surface area (Å²) in [5.41, 5.74) is -0.321. The number of nitriles is 1. The highest BCUT2D eigenvalue weighted by Crippen LogP contribution is 2.21. The standard InChI is InChI=1S/C21H15F2N3O3S/c22-17-9-2-1-8-16(17)20(13-24)25-21(27)14-6-5-7-15(12-14)30(28,29)26-19-11-4-3-10-18(19)23/h1-12,20,26H,(H,25,27). The van der Waals surface area contributed by atoms with Crippen LogP contribution in [0.2, 0.25) is 0 Å². The van der Waals surface area contributed by atoms with Crippen LogP contribution in [0.1, 0.15) is 22.0 Å². The van der Waals surface area contributed by atoms with Crippen molar-refractivity contribution in [2.45, 2.75) is 10.9 Å². The molecule has 0 bridgehead atoms. The summed E-state index contributed by atoms with van der Waals surface area (Å²) in [6.45, 7) is 0. The van der Waals surface area contributed by atoms with Gasteiger partial charge in [-0.05, 0) is 36.4 Å². The number of hydrogen-bond acceptors (Lipinski definition) is 4. The Labute approximate surface area is 171 Å². The van der Waals surface area contributed by atoms with E-state index in [1.165, 1.54) is 54.6 Å². The van der Waals surface area contributed by atoms with Gasteiger partial charge < -0.3 is 5.32 Å². The number of carbonyl (C=O) groups excluding carboxylic acids is 1. The molecule has 0 aliphatic heterocycles. The van der Waals surface area contributed by atoms with Crippen molar-refractivity contribution in [2.24, 2.45) is 0 Å². The van der Waals surface area contributed by atoms with Gasteiger partial charge in [0.25, 0.3) is 15.9 Å². The van der Waals surface area contributed by atoms with Gasteiger partial charge in [-0.25, -0.2) is 17.2 Å². The van der Waals surface area contributed by atoms with Crippen LogP contribution in [0.3, 0.4) is 0 Å². The average Bonchev–Trinajstić information content (AvgIpc) is 2.74. The number of rotatable bonds is 6. The van der Waals surface area contributed by atoms with Crippen LogP contribution in [-0.2, 0) is 10.0 Å². The Bertz CT molecular complexity index is 1240. The largest absolute Gasteiger partial charge is 0.332 e. The van der Waals surface area contributed by atoms with Crippen molar-refractivity contribution in [1.29, 1.82) is 5.26 Å². The van der Waals surface area contributed by atoms with Crippen molar-refractivity contribution >= 4 is 21.6 Å². The second-order valence-corrected chi connectivity index (χ2v) is 7.85. The zero-order valence-electron chi connectivity index (χ0n) is 15.3. The molecule has 0 aliphatic carbocycles. The van der Waals surface area contributed by atoms with E-state index in [1.54, 1.807) is 6.07 Å². The lowest BCUT2D eigenvalue weighted by Crippen LogP contribution is -2.28. The lowest BCUT2D eigenvalue weighted by molar-refractivity contribution is 0.0944. The quantitative estimate of drug-likeness (QED) is 0.626. The number of sulfonamides is 1. The molecule has 3 rings (SSSR count). The number of nitrogens with one attached hydrogen (secondary N) is 2. The summed E-state index contributed by atoms with van der Waals surface area (Å²) in [6, 6.07) is 16.3. The van der Waals surface area contributed by atoms with Gasteiger partial charge in [-0.15, -0.1) is 0 Å². The zero-order chi connectivity index (χ0) is 21.7. The van der Waals surface area contributed by atoms with E-state index in [4.69, 9.17) is 0 Å². The van der Waals surface area contributed by atoms with E-state index in [0.717, 1.165) is 18.2 Å². The van der Waals surface area contributed by atoms with Gasteiger partial charge in [-0.2, -0.15) is 5.26 Å². The Hall–Kier alpha value is -3.77. The molecule has 1 amide bonds. The molecule has 0 fully saturated rings. The van der Waals surface area contributed by atoms with Crippen LogP contribution in [0.5, 0.6) is 0 Å². The first-order chi connectivity index (χ1) is 14.3. The van der Waals surface area contributed by atoms with E-state index in [-0.39, 0.29) is 21.7 Å². The van der Waals surface area contributed by atoms with Crippen molar-refractivity contribution in [1.82, 2.24) is 5.32 Å². The first kappa shape index (κ1) is 21.0. The summed E-state index contributed by atoms with van der Waals surface area (Å²) >= 11 is 0. The van der Waals surface area contributed by atoms with Gasteiger partial charge in [0.05, 0.1) is 16.7 Å². The second-order valence-electron chi connectivity index (χ2n) is 6.17. The van der Waals surface area contributed by atoms with Crippen molar-refractivity contribution < 1.29 is 22.0 Å². The normalized spacial score (nSPS) is 11.9. The van der Waals surface area contributed by atoms with E-state index < -0.39 is 33.6 Å². The Morgan fingerprint density at radius 1 is 0.933 bits per heavy atom. The molecule has 152 valence electrons. The van der Waals surface area contributed by atoms with E-state index in [9.17, 15) is 27.3 Å². The minimum Gasteiger partial charge on any atom is -0.332 e. The number of hydrogen-bond donors (Lipinski definition) is 2. The minimum absolute atomic E-state index is 0.0154. The van der Waals surface area contributed by atoms with E-state index in [0.29, 0.717) is 0 Å². The summed E-state index contributed by atoms with van der Waals surface area (Å²) in [5, 5.41) is 11.7. The van der Waals surface area contributed by atoms with E-state index in [2.05, 4.69) is 10.0 Å². The van der Waals surface area contributed by atoms with Gasteiger partial charge in [0.15, 0.2) is 0 Å². The monoisotopic (exact) mass is 427 g/mol. The summed E-state index contributed by atoms with van der Waals surface area (Å²) in [5.74, 6) is -2.18. The SMILES string of the molecule is N#CC(NC(=O)c1cccc(S(=O)(=O)Nc2ccccc2F)c1)c1ccccc1F. The van der Waals surface area contributed by atoms with Crippen LogP contribution in [0.4, 0.5) is 14.5 Å². The lowest BCUT2D eigenvalue weighted by atomic mass is 10.1. The lowest BCUT2D eigenvalue weighted by Gasteiger charge is -2.14. The van der Waals surface area contributed by atoms with Crippen molar-refractivity contribution in [3.05, 3.63) is 95.6 Å². The maximum absolute atomic E-state index is 13.9. The first-order valence-electron chi connectivity index (χ1n) is 8.64. The molecule has 30 heavy (non-hydrogen) atoms. The third kappa shape index (κ3) is 4.61. The molecular formula is C21H15F2N3O3S. The van der Waals surface area contributed by atoms with Crippen molar-refractivity contribution in [3.63, 3.8) is 0 Å². The molecule has 1 unspecified atom stereocenters. The zero-order valence-corrected chi connectivity index (χ0v) is 16.2. The molecule has 2 N–H and O–H groups in total. The molecule has 1 atom stereocenters. The van der Waals surface area contributed by atoms with Crippen LogP contribution in [0.15, 0.2) is 77.7 Å². The summed E-state index contributed by atoms with van der Waals surface area (Å²) in [4.78, 5) is 12.3. The molecule has 0 spiro atoms. The maximum Gasteiger partial charge on any atom is 0.262 e. The van der Waals surface area contributed by atoms with Crippen LogP contribution in [0, 0.1) is 23.0 Å². The number of amides is 1. The fourth-order valence-electron chi connectivity index (χ4n) is 2.66. The molecule has 0 saturated heterocycles. The van der Waals surface area contributed by atoms with Gasteiger partial charge in [0.1, 0.15) is 17.7 Å². The third-order valence-electron chi connectivity index (χ3n) is 4.15. The molecule has 9 heteroatoms. The molecule has 3 aromatic carbocycles. The molecule has 0 radical (unpaired) electrons. The number of benzene rings is 3. The second kappa shape index (κ2) is 8.71. The summed E-state index contributed by atoms with van der Waals surface area (Å²) in [7, 11) is -4.18. The minimum atomic E-state index is -4.18. The number of carbonyl (C=O) groups is 1. The Balaban J connectivity index is 1.84. The van der Waals surface area contributed by atoms with Crippen molar-refractivity contribution in [3.8, 4) is 6.07 Å². The topological polar surface area (TPSA) is 99.1 Å². The predicted octanol–water partition coefficient (Wildman–Crippen LogP) is 3.76. The number of nitrogens with zero attached hydrogens (tertiary/aromatic N) is 1. The van der Waals surface area contributed by atoms with Crippen molar-refractivity contribution in [2.75, 3.05) is 4.72 Å². The number of anilines is 1. The Morgan fingerprint density at radius 2 is 1.60 bits per heavy atom. The van der Waals surface area contributed by atoms with Crippen LogP contribution < -0.4 is 10.0 Å². The third-order valence-corrected chi connectivity index (χ3v) is 5.51. The highest BCUT2D eigenvalue weighted by molar-refractivity contribution is 7.92. The van der Waals surface area contributed by atoms with Gasteiger partial charge in [0, 0.05) is 11.1 Å². The van der Waals surface area contributed by atoms with Gasteiger partial charge >= 0.3 is 0 Å². The fraction of sp³-hybridized carbons (Fsp3) is 0.0476. The Morgan fingerprint density at radius 3 is 2.27 bits per heavy atom. The summed E-state index contributed by atoms with van der Waals surface area (Å²) < 4.78 is 54.9. The number of halogens is 2. The van der Waals surface area contributed by atoms with E-state index >= 15 is 0 Å². The fourth-order valence-corrected chi connectivity index (χ4v) is 3.77. The predicted molar refractivity (Wildman–Crippen MR) is 106 cm³/mol. The molecule has 0 aromatic heterocycles. The molecule has 0 aliphatic rings. The van der Waals surface area contributed by atoms with Gasteiger partial charge in [-0.1, -0.05) is 36.4 Å². The molecule has 0 heterocycles. The first-order valence-corrected chi connectivity index (χ1v) is 10.1. The smallest absolute Gasteiger partial charge is 0.262 e. The van der Waals surface area contributed by atoms with Crippen LogP contribution in [-0.4, -0.2) is 14.3 Å². The number of para-hydroxylation sites is 1. The molecule has 0 saturated carbocycles. The average molecular weight is 427 g/mol. The van der Waals surface area contributed by atoms with E-state index in [1.807, 2.05) is 0 Å². The Kier molecular flexibility index (Phi) is 6.09. The van der Waals surface area contributed by atoms with Gasteiger partial charge in [0.2, 0.25) is 0 Å². The van der Waals surface area contributed by atoms with Crippen LogP contribution >= 0.6 is 0 Å². The van der Waals surface area contributed by atoms with Crippen LogP contribution in [0.25, 0.3) is 0 Å². The highest BCUT2D eigenvalue weighted by Gasteiger charge is 2.21. The molecule has 6 nitrogen and oxygen atoms in total. The summed E-state index contributed by atoms with van der Waals surface area (Å²) in [6.07, 6.45) is 0. The molecule has 3 aromatic rings. The van der Waals surface area contributed by atoms with Gasteiger partial charge in [-0.3, -0.25) is 9.52 Å².